The van der Waals surface area contributed by atoms with Crippen LogP contribution in [0.4, 0.5) is 0 Å². The third-order valence-corrected chi connectivity index (χ3v) is 3.01. The summed E-state index contributed by atoms with van der Waals surface area (Å²) in [5.41, 5.74) is 1.21. The van der Waals surface area contributed by atoms with Gasteiger partial charge in [-0.2, -0.15) is 0 Å². The molecule has 3 rings (SSSR count). The molecule has 0 atom stereocenters. The summed E-state index contributed by atoms with van der Waals surface area (Å²) in [6.07, 6.45) is 1.62. The lowest BCUT2D eigenvalue weighted by Crippen LogP contribution is -2.06. The Morgan fingerprint density at radius 3 is 2.74 bits per heavy atom. The number of carbonyl (C=O) groups is 1. The highest BCUT2D eigenvalue weighted by molar-refractivity contribution is 6.33. The van der Waals surface area contributed by atoms with E-state index in [0.29, 0.717) is 17.0 Å². The zero-order chi connectivity index (χ0) is 13.4. The van der Waals surface area contributed by atoms with Crippen molar-refractivity contribution in [1.29, 1.82) is 0 Å². The molecular formula is C13H8ClN3O2. The molecule has 0 unspecified atom stereocenters. The third-order valence-electron chi connectivity index (χ3n) is 2.73. The van der Waals surface area contributed by atoms with Crippen molar-refractivity contribution in [2.45, 2.75) is 0 Å². The topological polar surface area (TPSA) is 67.5 Å². The van der Waals surface area contributed by atoms with E-state index in [0.717, 1.165) is 0 Å². The van der Waals surface area contributed by atoms with Crippen LogP contribution in [-0.2, 0) is 0 Å². The Labute approximate surface area is 113 Å². The summed E-state index contributed by atoms with van der Waals surface area (Å²) in [6, 6.07) is 10.2. The largest absolute Gasteiger partial charge is 0.477 e. The molecule has 3 aromatic rings. The number of hydrogen-bond donors (Lipinski definition) is 1. The van der Waals surface area contributed by atoms with Gasteiger partial charge in [-0.15, -0.1) is 0 Å². The molecular weight excluding hydrogens is 266 g/mol. The Hall–Kier alpha value is -2.40. The number of halogens is 1. The van der Waals surface area contributed by atoms with Crippen LogP contribution in [0.15, 0.2) is 42.6 Å². The molecule has 0 aliphatic rings. The fraction of sp³-hybridized carbons (Fsp3) is 0. The summed E-state index contributed by atoms with van der Waals surface area (Å²) in [5, 5.41) is 9.50. The fourth-order valence-corrected chi connectivity index (χ4v) is 2.16. The molecule has 6 heteroatoms. The minimum Gasteiger partial charge on any atom is -0.477 e. The van der Waals surface area contributed by atoms with Gasteiger partial charge in [-0.3, -0.25) is 9.38 Å². The summed E-state index contributed by atoms with van der Waals surface area (Å²) in [5.74, 6) is -0.629. The van der Waals surface area contributed by atoms with Gasteiger partial charge < -0.3 is 5.11 Å². The zero-order valence-corrected chi connectivity index (χ0v) is 10.4. The second-order valence-corrected chi connectivity index (χ2v) is 4.24. The third kappa shape index (κ3) is 1.84. The molecule has 0 aliphatic heterocycles. The minimum atomic E-state index is -1.04. The van der Waals surface area contributed by atoms with Gasteiger partial charge in [0.2, 0.25) is 0 Å². The molecule has 94 valence electrons. The van der Waals surface area contributed by atoms with Gasteiger partial charge in [0.25, 0.3) is 0 Å². The molecule has 3 heterocycles. The van der Waals surface area contributed by atoms with Crippen LogP contribution in [0.2, 0.25) is 5.15 Å². The Morgan fingerprint density at radius 2 is 2.05 bits per heavy atom. The summed E-state index contributed by atoms with van der Waals surface area (Å²) in [6.45, 7) is 0. The number of pyridine rings is 2. The summed E-state index contributed by atoms with van der Waals surface area (Å²) >= 11 is 6.05. The Bertz CT molecular complexity index is 768. The van der Waals surface area contributed by atoms with Gasteiger partial charge in [-0.1, -0.05) is 23.7 Å². The normalized spacial score (nSPS) is 10.8. The maximum Gasteiger partial charge on any atom is 0.352 e. The number of carboxylic acid groups (broad SMARTS) is 1. The average molecular weight is 274 g/mol. The van der Waals surface area contributed by atoms with Crippen LogP contribution < -0.4 is 0 Å². The molecule has 0 fully saturated rings. The van der Waals surface area contributed by atoms with E-state index in [4.69, 9.17) is 11.6 Å². The highest BCUT2D eigenvalue weighted by Crippen LogP contribution is 2.25. The predicted molar refractivity (Wildman–Crippen MR) is 70.4 cm³/mol. The first kappa shape index (κ1) is 11.7. The van der Waals surface area contributed by atoms with Crippen molar-refractivity contribution in [3.8, 4) is 11.5 Å². The van der Waals surface area contributed by atoms with Crippen LogP contribution >= 0.6 is 11.6 Å². The highest BCUT2D eigenvalue weighted by Gasteiger charge is 2.17. The number of fused-ring (bicyclic) bond motifs is 1. The number of hydrogen-bond acceptors (Lipinski definition) is 3. The van der Waals surface area contributed by atoms with Crippen molar-refractivity contribution < 1.29 is 9.90 Å². The molecule has 0 spiro atoms. The number of rotatable bonds is 2. The molecule has 0 saturated carbocycles. The van der Waals surface area contributed by atoms with Gasteiger partial charge in [-0.05, 0) is 24.3 Å². The van der Waals surface area contributed by atoms with E-state index in [1.54, 1.807) is 36.5 Å². The maximum absolute atomic E-state index is 11.3. The molecule has 0 aromatic carbocycles. The summed E-state index contributed by atoms with van der Waals surface area (Å²) in [4.78, 5) is 19.7. The molecule has 3 aromatic heterocycles. The van der Waals surface area contributed by atoms with Gasteiger partial charge in [0.15, 0.2) is 11.0 Å². The number of imidazole rings is 1. The van der Waals surface area contributed by atoms with Crippen LogP contribution in [0, 0.1) is 0 Å². The first-order valence-corrected chi connectivity index (χ1v) is 5.88. The monoisotopic (exact) mass is 273 g/mol. The summed E-state index contributed by atoms with van der Waals surface area (Å²) < 4.78 is 1.49. The first-order valence-electron chi connectivity index (χ1n) is 5.50. The maximum atomic E-state index is 11.3. The Balaban J connectivity index is 2.40. The lowest BCUT2D eigenvalue weighted by molar-refractivity contribution is 0.0689. The first-order chi connectivity index (χ1) is 9.18. The number of carboxylic acids is 1. The van der Waals surface area contributed by atoms with E-state index in [2.05, 4.69) is 9.97 Å². The van der Waals surface area contributed by atoms with Gasteiger partial charge in [0.1, 0.15) is 11.4 Å². The molecule has 5 nitrogen and oxygen atoms in total. The standard InChI is InChI=1S/C13H8ClN3O2/c14-11-9-5-3-6-10(13(18)19)17(9)12(16-11)8-4-1-2-7-15-8/h1-7H,(H,18,19). The molecule has 0 amide bonds. The minimum absolute atomic E-state index is 0.0950. The Kier molecular flexibility index (Phi) is 2.68. The summed E-state index contributed by atoms with van der Waals surface area (Å²) in [7, 11) is 0. The highest BCUT2D eigenvalue weighted by atomic mass is 35.5. The van der Waals surface area contributed by atoms with Crippen molar-refractivity contribution in [3.05, 3.63) is 53.4 Å². The van der Waals surface area contributed by atoms with E-state index >= 15 is 0 Å². The van der Waals surface area contributed by atoms with E-state index in [1.807, 2.05) is 0 Å². The van der Waals surface area contributed by atoms with Crippen molar-refractivity contribution in [3.63, 3.8) is 0 Å². The number of aromatic carboxylic acids is 1. The fourth-order valence-electron chi connectivity index (χ4n) is 1.93. The number of aromatic nitrogens is 3. The molecule has 0 bridgehead atoms. The second-order valence-electron chi connectivity index (χ2n) is 3.88. The van der Waals surface area contributed by atoms with Crippen molar-refractivity contribution >= 4 is 23.1 Å². The van der Waals surface area contributed by atoms with Gasteiger partial charge >= 0.3 is 5.97 Å². The lowest BCUT2D eigenvalue weighted by Gasteiger charge is -2.04. The van der Waals surface area contributed by atoms with E-state index in [9.17, 15) is 9.90 Å². The van der Waals surface area contributed by atoms with Crippen molar-refractivity contribution in [2.75, 3.05) is 0 Å². The Morgan fingerprint density at radius 1 is 1.21 bits per heavy atom. The van der Waals surface area contributed by atoms with Crippen molar-refractivity contribution in [1.82, 2.24) is 14.4 Å². The van der Waals surface area contributed by atoms with Gasteiger partial charge in [0.05, 0.1) is 5.52 Å². The molecule has 0 radical (unpaired) electrons. The molecule has 0 saturated heterocycles. The SMILES string of the molecule is O=C(O)c1cccc2c(Cl)nc(-c3ccccn3)n12. The van der Waals surface area contributed by atoms with E-state index in [1.165, 1.54) is 10.5 Å². The van der Waals surface area contributed by atoms with Crippen LogP contribution in [0.3, 0.4) is 0 Å². The van der Waals surface area contributed by atoms with Crippen LogP contribution in [-0.4, -0.2) is 25.4 Å². The lowest BCUT2D eigenvalue weighted by atomic mass is 10.3. The van der Waals surface area contributed by atoms with Crippen molar-refractivity contribution in [2.24, 2.45) is 0 Å². The number of nitrogens with zero attached hydrogens (tertiary/aromatic N) is 3. The van der Waals surface area contributed by atoms with Gasteiger partial charge in [-0.25, -0.2) is 9.78 Å². The quantitative estimate of drug-likeness (QED) is 0.779. The second kappa shape index (κ2) is 4.37. The molecule has 19 heavy (non-hydrogen) atoms. The molecule has 0 aliphatic carbocycles. The van der Waals surface area contributed by atoms with Crippen LogP contribution in [0.5, 0.6) is 0 Å². The smallest absolute Gasteiger partial charge is 0.352 e. The zero-order valence-electron chi connectivity index (χ0n) is 9.62. The van der Waals surface area contributed by atoms with E-state index in [-0.39, 0.29) is 10.8 Å². The van der Waals surface area contributed by atoms with E-state index < -0.39 is 5.97 Å². The molecule has 1 N–H and O–H groups in total. The van der Waals surface area contributed by atoms with Gasteiger partial charge in [0, 0.05) is 6.20 Å². The van der Waals surface area contributed by atoms with Crippen LogP contribution in [0.1, 0.15) is 10.5 Å². The average Bonchev–Trinajstić information content (AvgIpc) is 2.77. The van der Waals surface area contributed by atoms with Crippen LogP contribution in [0.25, 0.3) is 17.0 Å². The predicted octanol–water partition coefficient (Wildman–Crippen LogP) is 2.75.